The van der Waals surface area contributed by atoms with Crippen LogP contribution in [0.2, 0.25) is 0 Å². The molecule has 552 valence electrons. The number of carbonyl (C=O) groups is 15. The van der Waals surface area contributed by atoms with E-state index < -0.39 is 101 Å². The summed E-state index contributed by atoms with van der Waals surface area (Å²) in [5, 5.41) is 21.7. The van der Waals surface area contributed by atoms with Gasteiger partial charge in [0.05, 0.1) is 0 Å². The van der Waals surface area contributed by atoms with Crippen LogP contribution in [0.4, 0.5) is 25.8 Å². The Labute approximate surface area is 590 Å². The number of likely N-dealkylation sites (N-methyl/N-ethyl adjacent to an activating group) is 2. The van der Waals surface area contributed by atoms with Crippen molar-refractivity contribution in [3.8, 4) is 0 Å². The van der Waals surface area contributed by atoms with E-state index in [1.54, 1.807) is 0 Å². The predicted molar refractivity (Wildman–Crippen MR) is 367 cm³/mol. The molecule has 0 bridgehead atoms. The van der Waals surface area contributed by atoms with Crippen molar-refractivity contribution in [1.82, 2.24) is 61.3 Å². The van der Waals surface area contributed by atoms with Gasteiger partial charge in [0.15, 0.2) is 0 Å². The predicted octanol–water partition coefficient (Wildman–Crippen LogP) is 0.677. The summed E-state index contributed by atoms with van der Waals surface area (Å²) in [5.41, 5.74) is 8.37. The van der Waals surface area contributed by atoms with Crippen molar-refractivity contribution < 1.29 is 81.4 Å². The molecule has 2 unspecified atom stereocenters. The van der Waals surface area contributed by atoms with Crippen LogP contribution in [0.3, 0.4) is 0 Å². The first-order valence-corrected chi connectivity index (χ1v) is 34.8. The molecule has 6 aliphatic rings. The molecule has 102 heavy (non-hydrogen) atoms. The van der Waals surface area contributed by atoms with Crippen molar-refractivity contribution in [1.29, 1.82) is 0 Å². The first-order valence-electron chi connectivity index (χ1n) is 34.8. The number of carbonyl (C=O) groups excluding carboxylic acids is 15. The fourth-order valence-corrected chi connectivity index (χ4v) is 12.6. The van der Waals surface area contributed by atoms with E-state index >= 15 is 0 Å². The van der Waals surface area contributed by atoms with Gasteiger partial charge in [-0.05, 0) is 128 Å². The zero-order valence-electron chi connectivity index (χ0n) is 57.7. The van der Waals surface area contributed by atoms with Crippen LogP contribution in [0.5, 0.6) is 0 Å². The average molecular weight is 1420 g/mol. The molecule has 33 nitrogen and oxygen atoms in total. The summed E-state index contributed by atoms with van der Waals surface area (Å²) in [5.74, 6) is -6.43. The van der Waals surface area contributed by atoms with Crippen LogP contribution < -0.4 is 54.0 Å². The van der Waals surface area contributed by atoms with Crippen LogP contribution in [0.1, 0.15) is 126 Å². The van der Waals surface area contributed by atoms with E-state index in [1.807, 2.05) is 23.9 Å². The third-order valence-electron chi connectivity index (χ3n) is 19.3. The van der Waals surface area contributed by atoms with Crippen molar-refractivity contribution in [3.05, 3.63) is 84.0 Å². The first-order chi connectivity index (χ1) is 48.9. The fourth-order valence-electron chi connectivity index (χ4n) is 12.6. The number of nitrogens with one attached hydrogen (secondary N) is 8. The zero-order chi connectivity index (χ0) is 73.5. The van der Waals surface area contributed by atoms with E-state index in [9.17, 15) is 71.9 Å². The molecule has 0 aromatic heterocycles. The number of amides is 16. The number of unbranched alkanes of at least 4 members (excludes halogenated alkanes) is 4. The van der Waals surface area contributed by atoms with E-state index in [0.29, 0.717) is 77.5 Å². The van der Waals surface area contributed by atoms with Crippen molar-refractivity contribution in [3.63, 3.8) is 0 Å². The standard InChI is InChI=1S/C69H94N16O17/c1-80-37-41-82(42-38-80)59(92)55(45-15-19-47(20-16-45)76-57(90)49(13-9-33-74-65(70)98)78-63(96)68(27-11-28-68)61(94)72-31-5-3-7-35-84-51(86)23-24-52(84)87)101-67(100)102-56(60(93)83-43-39-81(2)40-44-83)46-17-21-48(22-18-46)77-58(91)50(14-10-34-75-66(71)99)79-64(97)69(29-12-30-69)62(95)73-32-6-4-8-36-85-53(88)25-26-54(85)89/h15-26,49-50,55-56H,3-14,27-44H2,1-2H3,(H,72,94)(H,73,95)(H,76,90)(H,77,91)(H,78,96)(H,79,97)(H3,70,74,98)(H3,71,75,99)/t49-,50-,55?,56?/m0/s1. The Morgan fingerprint density at radius 2 is 0.765 bits per heavy atom. The largest absolute Gasteiger partial charge is 0.510 e. The summed E-state index contributed by atoms with van der Waals surface area (Å²) in [7, 11) is 3.79. The quantitative estimate of drug-likeness (QED) is 0.0194. The molecule has 12 N–H and O–H groups in total. The van der Waals surface area contributed by atoms with Gasteiger partial charge in [0.1, 0.15) is 22.9 Å². The molecule has 0 spiro atoms. The SMILES string of the molecule is CN1CCN(C(=O)C(OC(=O)OC(C(=O)N2CCN(C)CC2)c2ccc(NC(=O)[C@H](CCCNC(N)=O)NC(=O)C3(C(=O)NCCCCCN4C(=O)C=CC4=O)CCC3)cc2)c2ccc(NC(=O)[C@H](CCCNC(N)=O)NC(=O)C3(C(=O)NCCCCCN4C(=O)C=CC4=O)CCC3)cc2)CC1. The number of primary amides is 2. The van der Waals surface area contributed by atoms with Gasteiger partial charge in [-0.15, -0.1) is 0 Å². The van der Waals surface area contributed by atoms with Crippen LogP contribution in [0, 0.1) is 10.8 Å². The number of rotatable bonds is 36. The van der Waals surface area contributed by atoms with Crippen molar-refractivity contribution in [2.24, 2.45) is 22.3 Å². The summed E-state index contributed by atoms with van der Waals surface area (Å²) >= 11 is 0. The summed E-state index contributed by atoms with van der Waals surface area (Å²) < 4.78 is 11.9. The molecule has 33 heteroatoms. The number of anilines is 2. The summed E-state index contributed by atoms with van der Waals surface area (Å²) in [6, 6.07) is 7.61. The number of urea groups is 2. The van der Waals surface area contributed by atoms with Gasteiger partial charge < -0.3 is 83.1 Å². The Hall–Kier alpha value is -10.3. The maximum atomic E-state index is 14.6. The maximum Gasteiger partial charge on any atom is 0.510 e. The van der Waals surface area contributed by atoms with Crippen LogP contribution in [-0.2, 0) is 67.0 Å². The molecule has 4 heterocycles. The highest BCUT2D eigenvalue weighted by Gasteiger charge is 2.53. The molecule has 8 rings (SSSR count). The minimum absolute atomic E-state index is 0.00877. The van der Waals surface area contributed by atoms with Crippen LogP contribution in [0.15, 0.2) is 72.8 Å². The summed E-state index contributed by atoms with van der Waals surface area (Å²) in [6.07, 6.45) is 5.87. The molecule has 2 saturated heterocycles. The molecule has 2 saturated carbocycles. The Morgan fingerprint density at radius 3 is 1.08 bits per heavy atom. The van der Waals surface area contributed by atoms with E-state index in [0.717, 1.165) is 9.80 Å². The Bertz CT molecular complexity index is 3230. The molecule has 4 atom stereocenters. The minimum Gasteiger partial charge on any atom is -0.416 e. The second kappa shape index (κ2) is 36.9. The van der Waals surface area contributed by atoms with E-state index in [2.05, 4.69) is 42.5 Å². The minimum atomic E-state index is -1.64. The Morgan fingerprint density at radius 1 is 0.431 bits per heavy atom. The Balaban J connectivity index is 0.929. The van der Waals surface area contributed by atoms with E-state index in [-0.39, 0.29) is 163 Å². The van der Waals surface area contributed by atoms with Gasteiger partial charge in [0.2, 0.25) is 47.7 Å². The van der Waals surface area contributed by atoms with Crippen LogP contribution in [0.25, 0.3) is 0 Å². The van der Waals surface area contributed by atoms with Crippen LogP contribution >= 0.6 is 0 Å². The van der Waals surface area contributed by atoms with Gasteiger partial charge in [-0.2, -0.15) is 0 Å². The van der Waals surface area contributed by atoms with E-state index in [4.69, 9.17) is 20.9 Å². The number of hydrogen-bond donors (Lipinski definition) is 10. The van der Waals surface area contributed by atoms with Crippen LogP contribution in [-0.4, -0.2) is 236 Å². The van der Waals surface area contributed by atoms with Crippen molar-refractivity contribution in [2.75, 3.05) is 116 Å². The number of ether oxygens (including phenoxy) is 2. The van der Waals surface area contributed by atoms with Gasteiger partial charge in [0, 0.05) is 138 Å². The second-order valence-corrected chi connectivity index (χ2v) is 26.5. The van der Waals surface area contributed by atoms with E-state index in [1.165, 1.54) is 82.6 Å². The second-order valence-electron chi connectivity index (χ2n) is 26.5. The molecule has 2 aromatic rings. The molecule has 4 aliphatic heterocycles. The monoisotopic (exact) mass is 1420 g/mol. The highest BCUT2D eigenvalue weighted by molar-refractivity contribution is 6.14. The molecule has 2 aromatic carbocycles. The zero-order valence-corrected chi connectivity index (χ0v) is 57.7. The molecule has 0 radical (unpaired) electrons. The lowest BCUT2D eigenvalue weighted by Crippen LogP contribution is -2.58. The molecular weight excluding hydrogens is 1320 g/mol. The smallest absolute Gasteiger partial charge is 0.416 e. The molecule has 16 amide bonds. The number of piperazine rings is 2. The summed E-state index contributed by atoms with van der Waals surface area (Å²) in [4.78, 5) is 208. The van der Waals surface area contributed by atoms with Crippen molar-refractivity contribution in [2.45, 2.75) is 127 Å². The van der Waals surface area contributed by atoms with Gasteiger partial charge in [-0.3, -0.25) is 67.3 Å². The third kappa shape index (κ3) is 20.9. The number of imide groups is 2. The van der Waals surface area contributed by atoms with Gasteiger partial charge in [-0.1, -0.05) is 37.1 Å². The number of nitrogens with zero attached hydrogens (tertiary/aromatic N) is 6. The lowest BCUT2D eigenvalue weighted by Gasteiger charge is -2.39. The topological polar surface area (TPSA) is 442 Å². The lowest BCUT2D eigenvalue weighted by atomic mass is 9.67. The number of nitrogens with two attached hydrogens (primary N) is 2. The lowest BCUT2D eigenvalue weighted by molar-refractivity contribution is -0.152. The van der Waals surface area contributed by atoms with Gasteiger partial charge in [-0.25, -0.2) is 14.4 Å². The first kappa shape index (κ1) is 77.4. The third-order valence-corrected chi connectivity index (χ3v) is 19.3. The Kier molecular flexibility index (Phi) is 28.0. The highest BCUT2D eigenvalue weighted by Crippen LogP contribution is 2.43. The summed E-state index contributed by atoms with van der Waals surface area (Å²) in [6.45, 7) is 4.16. The molecule has 2 aliphatic carbocycles. The van der Waals surface area contributed by atoms with Crippen molar-refractivity contribution >= 4 is 100 Å². The maximum absolute atomic E-state index is 14.6. The van der Waals surface area contributed by atoms with Gasteiger partial charge >= 0.3 is 18.2 Å². The van der Waals surface area contributed by atoms with Gasteiger partial charge in [0.25, 0.3) is 35.4 Å². The fraction of sp³-hybridized carbons (Fsp3) is 0.551. The normalized spacial score (nSPS) is 18.1. The molecule has 4 fully saturated rings. The number of hydrogen-bond acceptors (Lipinski definition) is 19. The highest BCUT2D eigenvalue weighted by atomic mass is 16.7. The average Bonchev–Trinajstić information content (AvgIpc) is 0.907. The number of benzene rings is 2. The molecular formula is C69H94N16O17.